The molecule has 0 N–H and O–H groups in total. The van der Waals surface area contributed by atoms with Crippen molar-refractivity contribution in [1.29, 1.82) is 0 Å². The number of esters is 3. The molecule has 58 heavy (non-hydrogen) atoms. The third kappa shape index (κ3) is 43.7. The quantitative estimate of drug-likeness (QED) is 0.0201. The summed E-state index contributed by atoms with van der Waals surface area (Å²) in [4.78, 5) is 37.7. The summed E-state index contributed by atoms with van der Waals surface area (Å²) in [6.45, 7) is 6.27. The lowest BCUT2D eigenvalue weighted by molar-refractivity contribution is -0.167. The van der Waals surface area contributed by atoms with E-state index < -0.39 is 12.1 Å². The zero-order valence-corrected chi connectivity index (χ0v) is 37.5. The highest BCUT2D eigenvalue weighted by Crippen LogP contribution is 2.15. The Morgan fingerprint density at radius 2 is 0.776 bits per heavy atom. The van der Waals surface area contributed by atoms with E-state index in [9.17, 15) is 14.4 Å². The van der Waals surface area contributed by atoms with Gasteiger partial charge in [0.15, 0.2) is 6.10 Å². The van der Waals surface area contributed by atoms with Crippen LogP contribution in [0.4, 0.5) is 0 Å². The van der Waals surface area contributed by atoms with E-state index in [-0.39, 0.29) is 31.6 Å². The molecule has 0 aromatic rings. The Bertz CT molecular complexity index is 1160. The molecule has 0 aromatic carbocycles. The van der Waals surface area contributed by atoms with Crippen molar-refractivity contribution in [3.63, 3.8) is 0 Å². The number of carbonyl (C=O) groups excluding carboxylic acids is 3. The first-order valence-corrected chi connectivity index (χ1v) is 23.7. The number of hydrogen-bond donors (Lipinski definition) is 0. The van der Waals surface area contributed by atoms with Crippen LogP contribution in [0.5, 0.6) is 0 Å². The maximum absolute atomic E-state index is 12.7. The SMILES string of the molecule is CC\C=C/C=C\C=C/C=C\C=C/CCCC(=O)OC(COC(=O)CCCC/C=C\C/C=C\CC)COC(=O)CCCCCCCCCCCCCCCCCCCC. The Morgan fingerprint density at radius 1 is 0.379 bits per heavy atom. The fourth-order valence-corrected chi connectivity index (χ4v) is 6.27. The highest BCUT2D eigenvalue weighted by atomic mass is 16.6. The smallest absolute Gasteiger partial charge is 0.306 e. The van der Waals surface area contributed by atoms with Crippen LogP contribution in [-0.4, -0.2) is 37.2 Å². The number of ether oxygens (including phenoxy) is 3. The third-order valence-corrected chi connectivity index (χ3v) is 9.77. The first-order chi connectivity index (χ1) is 28.5. The van der Waals surface area contributed by atoms with Gasteiger partial charge in [0.05, 0.1) is 0 Å². The molecular formula is C52H86O6. The van der Waals surface area contributed by atoms with Crippen LogP contribution in [0, 0.1) is 0 Å². The number of carbonyl (C=O) groups is 3. The lowest BCUT2D eigenvalue weighted by Gasteiger charge is -2.18. The number of allylic oxidation sites excluding steroid dienone is 14. The molecule has 330 valence electrons. The van der Waals surface area contributed by atoms with Crippen molar-refractivity contribution < 1.29 is 28.6 Å². The maximum Gasteiger partial charge on any atom is 0.306 e. The van der Waals surface area contributed by atoms with Gasteiger partial charge >= 0.3 is 17.9 Å². The van der Waals surface area contributed by atoms with Crippen LogP contribution in [0.15, 0.2) is 85.1 Å². The third-order valence-electron chi connectivity index (χ3n) is 9.77. The van der Waals surface area contributed by atoms with Crippen LogP contribution in [0.25, 0.3) is 0 Å². The molecule has 0 aliphatic rings. The van der Waals surface area contributed by atoms with E-state index in [0.29, 0.717) is 19.3 Å². The highest BCUT2D eigenvalue weighted by molar-refractivity contribution is 5.71. The molecule has 0 bridgehead atoms. The van der Waals surface area contributed by atoms with E-state index >= 15 is 0 Å². The fourth-order valence-electron chi connectivity index (χ4n) is 6.27. The van der Waals surface area contributed by atoms with Crippen LogP contribution < -0.4 is 0 Å². The molecular weight excluding hydrogens is 721 g/mol. The number of rotatable bonds is 41. The highest BCUT2D eigenvalue weighted by Gasteiger charge is 2.19. The van der Waals surface area contributed by atoms with Crippen molar-refractivity contribution >= 4 is 17.9 Å². The van der Waals surface area contributed by atoms with E-state index in [1.807, 2.05) is 54.7 Å². The van der Waals surface area contributed by atoms with Crippen molar-refractivity contribution in [3.8, 4) is 0 Å². The van der Waals surface area contributed by atoms with Crippen LogP contribution in [-0.2, 0) is 28.6 Å². The van der Waals surface area contributed by atoms with E-state index in [0.717, 1.165) is 64.2 Å². The Balaban J connectivity index is 4.41. The summed E-state index contributed by atoms with van der Waals surface area (Å²) in [5, 5.41) is 0. The standard InChI is InChI=1S/C52H86O6/c1-4-7-10-13-16-19-21-23-24-25-26-27-29-30-33-36-39-42-45-51(54)57-48-49(47-56-50(53)44-41-38-35-32-18-15-12-9-6-3)58-52(55)46-43-40-37-34-31-28-22-20-17-14-11-8-5-2/h8-9,11-12,14,17-18,20,22,28,31-32,34,37,49H,4-7,10,13,15-16,19,21,23-27,29-30,33,35-36,38-48H2,1-3H3/b11-8-,12-9-,17-14-,22-20-,31-28-,32-18-,37-34-. The van der Waals surface area contributed by atoms with E-state index in [4.69, 9.17) is 14.2 Å². The molecule has 6 heteroatoms. The van der Waals surface area contributed by atoms with Gasteiger partial charge in [-0.15, -0.1) is 0 Å². The van der Waals surface area contributed by atoms with Gasteiger partial charge in [-0.25, -0.2) is 0 Å². The van der Waals surface area contributed by atoms with Crippen LogP contribution in [0.3, 0.4) is 0 Å². The van der Waals surface area contributed by atoms with Crippen LogP contribution in [0.1, 0.15) is 207 Å². The minimum atomic E-state index is -0.823. The molecule has 0 spiro atoms. The Hall–Kier alpha value is -3.41. The second kappa shape index (κ2) is 46.3. The van der Waals surface area contributed by atoms with Gasteiger partial charge < -0.3 is 14.2 Å². The lowest BCUT2D eigenvalue weighted by atomic mass is 10.0. The Labute approximate surface area is 356 Å². The number of unbranched alkanes of at least 4 members (excludes halogenated alkanes) is 20. The van der Waals surface area contributed by atoms with Gasteiger partial charge in [-0.2, -0.15) is 0 Å². The second-order valence-electron chi connectivity index (χ2n) is 15.4. The van der Waals surface area contributed by atoms with Gasteiger partial charge in [0.25, 0.3) is 0 Å². The average molecular weight is 807 g/mol. The second-order valence-corrected chi connectivity index (χ2v) is 15.4. The summed E-state index contributed by atoms with van der Waals surface area (Å²) in [7, 11) is 0. The van der Waals surface area contributed by atoms with Crippen LogP contribution >= 0.6 is 0 Å². The van der Waals surface area contributed by atoms with Gasteiger partial charge in [0.1, 0.15) is 13.2 Å². The first-order valence-electron chi connectivity index (χ1n) is 23.7. The molecule has 0 aromatic heterocycles. The average Bonchev–Trinajstić information content (AvgIpc) is 3.22. The summed E-state index contributed by atoms with van der Waals surface area (Å²) < 4.78 is 16.6. The Kier molecular flexibility index (Phi) is 43.6. The normalized spacial score (nSPS) is 12.8. The van der Waals surface area contributed by atoms with Gasteiger partial charge in [0.2, 0.25) is 0 Å². The minimum absolute atomic E-state index is 0.115. The zero-order chi connectivity index (χ0) is 42.3. The predicted octanol–water partition coefficient (Wildman–Crippen LogP) is 15.3. The van der Waals surface area contributed by atoms with Crippen LogP contribution in [0.2, 0.25) is 0 Å². The lowest BCUT2D eigenvalue weighted by Crippen LogP contribution is -2.30. The van der Waals surface area contributed by atoms with Crippen molar-refractivity contribution in [2.24, 2.45) is 0 Å². The summed E-state index contributed by atoms with van der Waals surface area (Å²) in [5.74, 6) is -1.03. The molecule has 0 aliphatic heterocycles. The molecule has 0 saturated heterocycles. The molecule has 0 amide bonds. The van der Waals surface area contributed by atoms with Gasteiger partial charge in [-0.05, 0) is 57.8 Å². The van der Waals surface area contributed by atoms with Crippen molar-refractivity contribution in [2.75, 3.05) is 13.2 Å². The van der Waals surface area contributed by atoms with Gasteiger partial charge in [-0.3, -0.25) is 14.4 Å². The van der Waals surface area contributed by atoms with E-state index in [2.05, 4.69) is 51.2 Å². The largest absolute Gasteiger partial charge is 0.462 e. The molecule has 0 saturated carbocycles. The van der Waals surface area contributed by atoms with Crippen molar-refractivity contribution in [3.05, 3.63) is 85.1 Å². The van der Waals surface area contributed by atoms with Crippen molar-refractivity contribution in [2.45, 2.75) is 213 Å². The minimum Gasteiger partial charge on any atom is -0.462 e. The summed E-state index contributed by atoms with van der Waals surface area (Å²) in [6.07, 6.45) is 58.8. The summed E-state index contributed by atoms with van der Waals surface area (Å²) in [5.41, 5.74) is 0. The van der Waals surface area contributed by atoms with E-state index in [1.165, 1.54) is 96.3 Å². The first kappa shape index (κ1) is 54.6. The zero-order valence-electron chi connectivity index (χ0n) is 37.5. The Morgan fingerprint density at radius 3 is 1.28 bits per heavy atom. The maximum atomic E-state index is 12.7. The topological polar surface area (TPSA) is 78.9 Å². The molecule has 0 radical (unpaired) electrons. The van der Waals surface area contributed by atoms with Crippen molar-refractivity contribution in [1.82, 2.24) is 0 Å². The summed E-state index contributed by atoms with van der Waals surface area (Å²) >= 11 is 0. The number of hydrogen-bond acceptors (Lipinski definition) is 6. The molecule has 6 nitrogen and oxygen atoms in total. The van der Waals surface area contributed by atoms with Gasteiger partial charge in [0, 0.05) is 19.3 Å². The summed E-state index contributed by atoms with van der Waals surface area (Å²) in [6, 6.07) is 0. The van der Waals surface area contributed by atoms with E-state index in [1.54, 1.807) is 0 Å². The van der Waals surface area contributed by atoms with Gasteiger partial charge in [-0.1, -0.05) is 215 Å². The molecule has 0 aliphatic carbocycles. The molecule has 1 atom stereocenters. The molecule has 1 unspecified atom stereocenters. The molecule has 0 fully saturated rings. The molecule has 0 heterocycles. The molecule has 0 rings (SSSR count). The fraction of sp³-hybridized carbons (Fsp3) is 0.673. The monoisotopic (exact) mass is 807 g/mol. The predicted molar refractivity (Wildman–Crippen MR) is 247 cm³/mol.